The fourth-order valence-corrected chi connectivity index (χ4v) is 4.11. The molecule has 9 heteroatoms. The quantitative estimate of drug-likeness (QED) is 0.801. The molecule has 2 fully saturated rings. The van der Waals surface area contributed by atoms with Gasteiger partial charge in [-0.05, 0) is 43.5 Å². The summed E-state index contributed by atoms with van der Waals surface area (Å²) >= 11 is 11.7. The maximum atomic E-state index is 13.2. The van der Waals surface area contributed by atoms with Crippen molar-refractivity contribution in [2.75, 3.05) is 29.9 Å². The molecule has 0 aliphatic carbocycles. The number of likely N-dealkylation sites (tertiary alicyclic amines) is 1. The molecule has 0 bridgehead atoms. The Kier molecular flexibility index (Phi) is 5.12. The van der Waals surface area contributed by atoms with Crippen molar-refractivity contribution in [1.29, 1.82) is 0 Å². The molecule has 1 N–H and O–H groups in total. The molecule has 28 heavy (non-hydrogen) atoms. The lowest BCUT2D eigenvalue weighted by Crippen LogP contribution is -2.51. The van der Waals surface area contributed by atoms with E-state index in [-0.39, 0.29) is 11.9 Å². The maximum Gasteiger partial charge on any atom is 0.323 e. The minimum atomic E-state index is -0.565. The van der Waals surface area contributed by atoms with E-state index in [9.17, 15) is 9.59 Å². The standard InChI is InChI=1S/C19H19Cl2N5O2/c20-13-2-4-15(22-10-13)24-18(28)25-8-1-6-19(12-25)7-9-26(17(19)27)16-5-3-14(21)11-23-16/h2-5,10-11H,1,6-9,12H2,(H,22,24,28). The molecule has 2 aromatic heterocycles. The van der Waals surface area contributed by atoms with Gasteiger partial charge in [-0.3, -0.25) is 15.0 Å². The van der Waals surface area contributed by atoms with Crippen LogP contribution < -0.4 is 10.2 Å². The molecule has 4 rings (SSSR count). The van der Waals surface area contributed by atoms with Gasteiger partial charge in [0.1, 0.15) is 11.6 Å². The second kappa shape index (κ2) is 7.56. The van der Waals surface area contributed by atoms with Gasteiger partial charge in [0.05, 0.1) is 15.5 Å². The van der Waals surface area contributed by atoms with Crippen molar-refractivity contribution in [3.05, 3.63) is 46.7 Å². The first-order valence-corrected chi connectivity index (χ1v) is 9.83. The zero-order valence-corrected chi connectivity index (χ0v) is 16.6. The average molecular weight is 420 g/mol. The molecule has 1 spiro atoms. The molecule has 1 atom stereocenters. The molecule has 0 saturated carbocycles. The number of rotatable bonds is 2. The highest BCUT2D eigenvalue weighted by Gasteiger charge is 2.50. The minimum absolute atomic E-state index is 0.0180. The van der Waals surface area contributed by atoms with E-state index in [2.05, 4.69) is 15.3 Å². The molecule has 2 aromatic rings. The number of halogens is 2. The predicted molar refractivity (Wildman–Crippen MR) is 108 cm³/mol. The SMILES string of the molecule is O=C(Nc1ccc(Cl)cn1)N1CCCC2(CCN(c3ccc(Cl)cn3)C2=O)C1. The van der Waals surface area contributed by atoms with Crippen LogP contribution in [0.3, 0.4) is 0 Å². The predicted octanol–water partition coefficient (Wildman–Crippen LogP) is 3.83. The van der Waals surface area contributed by atoms with E-state index >= 15 is 0 Å². The Morgan fingerprint density at radius 2 is 1.79 bits per heavy atom. The van der Waals surface area contributed by atoms with Crippen LogP contribution in [0.4, 0.5) is 16.4 Å². The van der Waals surface area contributed by atoms with Gasteiger partial charge in [-0.15, -0.1) is 0 Å². The number of hydrogen-bond donors (Lipinski definition) is 1. The number of amides is 3. The second-order valence-electron chi connectivity index (χ2n) is 7.14. The van der Waals surface area contributed by atoms with E-state index in [1.165, 1.54) is 12.4 Å². The Bertz CT molecular complexity index is 890. The second-order valence-corrected chi connectivity index (χ2v) is 8.01. The number of hydrogen-bond acceptors (Lipinski definition) is 4. The van der Waals surface area contributed by atoms with E-state index in [0.717, 1.165) is 12.8 Å². The Labute approximate surface area is 172 Å². The highest BCUT2D eigenvalue weighted by molar-refractivity contribution is 6.30. The molecule has 0 radical (unpaired) electrons. The Hall–Kier alpha value is -2.38. The lowest BCUT2D eigenvalue weighted by molar-refractivity contribution is -0.127. The number of urea groups is 1. The van der Waals surface area contributed by atoms with Crippen LogP contribution in [0, 0.1) is 5.41 Å². The number of nitrogens with one attached hydrogen (secondary N) is 1. The van der Waals surface area contributed by atoms with Gasteiger partial charge in [-0.2, -0.15) is 0 Å². The van der Waals surface area contributed by atoms with Crippen LogP contribution in [-0.4, -0.2) is 46.4 Å². The molecule has 7 nitrogen and oxygen atoms in total. The van der Waals surface area contributed by atoms with Crippen molar-refractivity contribution in [2.24, 2.45) is 5.41 Å². The highest BCUT2D eigenvalue weighted by atomic mass is 35.5. The summed E-state index contributed by atoms with van der Waals surface area (Å²) in [7, 11) is 0. The molecule has 146 valence electrons. The van der Waals surface area contributed by atoms with Crippen LogP contribution in [-0.2, 0) is 4.79 Å². The third-order valence-corrected chi connectivity index (χ3v) is 5.77. The third-order valence-electron chi connectivity index (χ3n) is 5.33. The van der Waals surface area contributed by atoms with Crippen LogP contribution in [0.5, 0.6) is 0 Å². The van der Waals surface area contributed by atoms with Gasteiger partial charge in [0.2, 0.25) is 5.91 Å². The Balaban J connectivity index is 1.46. The topological polar surface area (TPSA) is 78.4 Å². The van der Waals surface area contributed by atoms with Crippen molar-refractivity contribution >= 4 is 46.8 Å². The fraction of sp³-hybridized carbons (Fsp3) is 0.368. The summed E-state index contributed by atoms with van der Waals surface area (Å²) in [6.07, 6.45) is 5.24. The number of piperidine rings is 1. The van der Waals surface area contributed by atoms with Crippen molar-refractivity contribution in [3.63, 3.8) is 0 Å². The summed E-state index contributed by atoms with van der Waals surface area (Å²) in [5.74, 6) is 1.04. The lowest BCUT2D eigenvalue weighted by atomic mass is 9.78. The maximum absolute atomic E-state index is 13.2. The highest BCUT2D eigenvalue weighted by Crippen LogP contribution is 2.41. The zero-order valence-electron chi connectivity index (χ0n) is 15.1. The lowest BCUT2D eigenvalue weighted by Gasteiger charge is -2.38. The number of pyridine rings is 2. The van der Waals surface area contributed by atoms with Gasteiger partial charge in [0, 0.05) is 32.0 Å². The number of nitrogens with zero attached hydrogens (tertiary/aromatic N) is 4. The molecule has 2 aliphatic heterocycles. The first kappa shape index (κ1) is 19.0. The molecule has 2 saturated heterocycles. The van der Waals surface area contributed by atoms with Crippen molar-refractivity contribution in [3.8, 4) is 0 Å². The molecular formula is C19H19Cl2N5O2. The smallest absolute Gasteiger partial charge is 0.323 e. The zero-order chi connectivity index (χ0) is 19.7. The molecular weight excluding hydrogens is 401 g/mol. The average Bonchev–Trinajstić information content (AvgIpc) is 3.00. The molecule has 1 unspecified atom stereocenters. The fourth-order valence-electron chi connectivity index (χ4n) is 3.89. The summed E-state index contributed by atoms with van der Waals surface area (Å²) in [4.78, 5) is 37.6. The minimum Gasteiger partial charge on any atom is -0.323 e. The monoisotopic (exact) mass is 419 g/mol. The summed E-state index contributed by atoms with van der Waals surface area (Å²) in [6.45, 7) is 1.57. The number of aromatic nitrogens is 2. The van der Waals surface area contributed by atoms with E-state index in [0.29, 0.717) is 47.7 Å². The van der Waals surface area contributed by atoms with Gasteiger partial charge in [-0.1, -0.05) is 23.2 Å². The van der Waals surface area contributed by atoms with E-state index in [1.54, 1.807) is 34.1 Å². The number of carbonyl (C=O) groups is 2. The van der Waals surface area contributed by atoms with Gasteiger partial charge >= 0.3 is 6.03 Å². The van der Waals surface area contributed by atoms with Gasteiger partial charge < -0.3 is 4.90 Å². The number of carbonyl (C=O) groups excluding carboxylic acids is 2. The normalized spacial score (nSPS) is 22.0. The van der Waals surface area contributed by atoms with Crippen LogP contribution in [0.2, 0.25) is 10.0 Å². The van der Waals surface area contributed by atoms with Crippen LogP contribution in [0.15, 0.2) is 36.7 Å². The van der Waals surface area contributed by atoms with Crippen molar-refractivity contribution in [1.82, 2.24) is 14.9 Å². The van der Waals surface area contributed by atoms with E-state index in [4.69, 9.17) is 23.2 Å². The summed E-state index contributed by atoms with van der Waals surface area (Å²) < 4.78 is 0. The van der Waals surface area contributed by atoms with Crippen LogP contribution in [0.25, 0.3) is 0 Å². The summed E-state index contributed by atoms with van der Waals surface area (Å²) in [5, 5.41) is 3.81. The van der Waals surface area contributed by atoms with E-state index in [1.807, 2.05) is 0 Å². The van der Waals surface area contributed by atoms with Gasteiger partial charge in [0.25, 0.3) is 0 Å². The molecule has 2 aliphatic rings. The first-order valence-electron chi connectivity index (χ1n) is 9.08. The third kappa shape index (κ3) is 3.64. The van der Waals surface area contributed by atoms with Gasteiger partial charge in [-0.25, -0.2) is 14.8 Å². The molecule has 0 aromatic carbocycles. The number of anilines is 2. The molecule has 3 amide bonds. The van der Waals surface area contributed by atoms with Crippen LogP contribution >= 0.6 is 23.2 Å². The van der Waals surface area contributed by atoms with Crippen LogP contribution in [0.1, 0.15) is 19.3 Å². The largest absolute Gasteiger partial charge is 0.323 e. The summed E-state index contributed by atoms with van der Waals surface area (Å²) in [5.41, 5.74) is -0.565. The van der Waals surface area contributed by atoms with Gasteiger partial charge in [0.15, 0.2) is 0 Å². The Morgan fingerprint density at radius 1 is 1.04 bits per heavy atom. The summed E-state index contributed by atoms with van der Waals surface area (Å²) in [6, 6.07) is 6.53. The first-order chi connectivity index (χ1) is 13.5. The van der Waals surface area contributed by atoms with E-state index < -0.39 is 5.41 Å². The van der Waals surface area contributed by atoms with Crippen molar-refractivity contribution in [2.45, 2.75) is 19.3 Å². The molecule has 4 heterocycles. The van der Waals surface area contributed by atoms with Crippen molar-refractivity contribution < 1.29 is 9.59 Å². The Morgan fingerprint density at radius 3 is 2.46 bits per heavy atom.